The lowest BCUT2D eigenvalue weighted by atomic mass is 9.66. The van der Waals surface area contributed by atoms with Crippen molar-refractivity contribution in [1.82, 2.24) is 4.57 Å². The van der Waals surface area contributed by atoms with E-state index in [1.807, 2.05) is 0 Å². The molecular weight excluding hydrogens is 905 g/mol. The molecule has 0 saturated heterocycles. The third-order valence-electron chi connectivity index (χ3n) is 17.8. The summed E-state index contributed by atoms with van der Waals surface area (Å²) in [6.45, 7) is 9.47. The van der Waals surface area contributed by atoms with E-state index >= 15 is 0 Å². The van der Waals surface area contributed by atoms with E-state index in [0.717, 1.165) is 35.6 Å². The van der Waals surface area contributed by atoms with Gasteiger partial charge < -0.3 is 9.47 Å². The third kappa shape index (κ3) is 6.20. The first-order valence-corrected chi connectivity index (χ1v) is 26.8. The summed E-state index contributed by atoms with van der Waals surface area (Å²) < 4.78 is 2.45. The van der Waals surface area contributed by atoms with Gasteiger partial charge in [-0.05, 0) is 175 Å². The molecule has 15 rings (SSSR count). The number of hydrogen-bond donors (Lipinski definition) is 0. The second-order valence-electron chi connectivity index (χ2n) is 22.3. The van der Waals surface area contributed by atoms with Crippen LogP contribution >= 0.6 is 0 Å². The number of para-hydroxylation sites is 1. The van der Waals surface area contributed by atoms with E-state index in [-0.39, 0.29) is 10.8 Å². The number of allylic oxidation sites excluding steroid dienone is 4. The van der Waals surface area contributed by atoms with E-state index in [4.69, 9.17) is 0 Å². The summed E-state index contributed by atoms with van der Waals surface area (Å²) >= 11 is 0. The standard InChI is InChI=1S/C73H56N2/c1-71(2)64-28-16-12-26-58(64)60-45-53(38-40-65(60)71)74(54-37-39-59-55-23-11-15-27-63(55)72(3,4)68(59)46-54)52-35-31-47(32-36-52)48-33-41-69-61(43-48)62-44-50(34-42-70(62)75(69)51-21-9-6-10-22-51)73(49-19-7-5-8-20-49)66-29-17-13-24-56(66)57-25-14-18-30-67(57)73/h5-13,15-24,26-46H,14,25H2,1-4H3. The summed E-state index contributed by atoms with van der Waals surface area (Å²) in [5, 5.41) is 2.49. The maximum atomic E-state index is 2.52. The van der Waals surface area contributed by atoms with E-state index in [0.29, 0.717) is 0 Å². The molecule has 0 amide bonds. The highest BCUT2D eigenvalue weighted by atomic mass is 15.1. The van der Waals surface area contributed by atoms with Gasteiger partial charge in [0.05, 0.1) is 16.4 Å². The lowest BCUT2D eigenvalue weighted by molar-refractivity contribution is 0.660. The zero-order valence-corrected chi connectivity index (χ0v) is 42.9. The molecule has 0 N–H and O–H groups in total. The van der Waals surface area contributed by atoms with Gasteiger partial charge in [-0.3, -0.25) is 0 Å². The van der Waals surface area contributed by atoms with Gasteiger partial charge in [-0.2, -0.15) is 0 Å². The molecule has 4 aliphatic carbocycles. The van der Waals surface area contributed by atoms with Crippen LogP contribution in [0.2, 0.25) is 0 Å². The minimum atomic E-state index is -0.449. The Labute approximate surface area is 440 Å². The van der Waals surface area contributed by atoms with Gasteiger partial charge in [-0.1, -0.05) is 198 Å². The second-order valence-corrected chi connectivity index (χ2v) is 22.3. The molecule has 0 radical (unpaired) electrons. The summed E-state index contributed by atoms with van der Waals surface area (Å²) in [7, 11) is 0. The summed E-state index contributed by atoms with van der Waals surface area (Å²) in [5.41, 5.74) is 27.8. The molecule has 2 heteroatoms. The molecule has 0 saturated carbocycles. The van der Waals surface area contributed by atoms with Crippen LogP contribution in [0.25, 0.3) is 66.4 Å². The van der Waals surface area contributed by atoms with Crippen molar-refractivity contribution in [2.24, 2.45) is 0 Å². The fourth-order valence-electron chi connectivity index (χ4n) is 14.2. The first-order valence-electron chi connectivity index (χ1n) is 26.8. The van der Waals surface area contributed by atoms with Crippen molar-refractivity contribution in [3.8, 4) is 39.1 Å². The Balaban J connectivity index is 0.893. The second kappa shape index (κ2) is 16.1. The predicted octanol–water partition coefficient (Wildman–Crippen LogP) is 19.0. The van der Waals surface area contributed by atoms with E-state index in [1.54, 1.807) is 0 Å². The molecule has 75 heavy (non-hydrogen) atoms. The lowest BCUT2D eigenvalue weighted by Gasteiger charge is -2.35. The van der Waals surface area contributed by atoms with Crippen LogP contribution in [0.1, 0.15) is 85.0 Å². The maximum Gasteiger partial charge on any atom is 0.0710 e. The zero-order chi connectivity index (χ0) is 50.2. The first-order chi connectivity index (χ1) is 36.7. The van der Waals surface area contributed by atoms with E-state index < -0.39 is 5.41 Å². The van der Waals surface area contributed by atoms with Crippen LogP contribution in [0.4, 0.5) is 17.1 Å². The van der Waals surface area contributed by atoms with Crippen molar-refractivity contribution in [2.45, 2.75) is 56.8 Å². The van der Waals surface area contributed by atoms with Crippen LogP contribution in [0.5, 0.6) is 0 Å². The summed E-state index contributed by atoms with van der Waals surface area (Å²) in [5.74, 6) is 0. The van der Waals surface area contributed by atoms with Crippen molar-refractivity contribution in [2.75, 3.05) is 4.90 Å². The van der Waals surface area contributed by atoms with E-state index in [9.17, 15) is 0 Å². The molecule has 1 atom stereocenters. The number of hydrogen-bond acceptors (Lipinski definition) is 1. The van der Waals surface area contributed by atoms with Gasteiger partial charge >= 0.3 is 0 Å². The summed E-state index contributed by atoms with van der Waals surface area (Å²) in [4.78, 5) is 2.47. The van der Waals surface area contributed by atoms with Crippen molar-refractivity contribution >= 4 is 44.4 Å². The Morgan fingerprint density at radius 3 is 1.68 bits per heavy atom. The Morgan fingerprint density at radius 1 is 0.387 bits per heavy atom. The number of rotatable bonds is 7. The van der Waals surface area contributed by atoms with Crippen LogP contribution in [0, 0.1) is 0 Å². The van der Waals surface area contributed by atoms with Crippen molar-refractivity contribution in [3.05, 3.63) is 293 Å². The average molecular weight is 961 g/mol. The van der Waals surface area contributed by atoms with E-state index in [1.165, 1.54) is 111 Å². The minimum Gasteiger partial charge on any atom is -0.310 e. The Bertz CT molecular complexity index is 4220. The molecule has 358 valence electrons. The molecule has 1 heterocycles. The number of benzene rings is 10. The van der Waals surface area contributed by atoms with Crippen molar-refractivity contribution in [3.63, 3.8) is 0 Å². The van der Waals surface area contributed by atoms with Crippen LogP contribution in [-0.4, -0.2) is 4.57 Å². The van der Waals surface area contributed by atoms with Gasteiger partial charge in [-0.25, -0.2) is 0 Å². The zero-order valence-electron chi connectivity index (χ0n) is 42.9. The van der Waals surface area contributed by atoms with Crippen LogP contribution in [0.15, 0.2) is 248 Å². The van der Waals surface area contributed by atoms with Gasteiger partial charge in [0.25, 0.3) is 0 Å². The maximum absolute atomic E-state index is 2.52. The molecule has 11 aromatic rings. The number of anilines is 3. The Hall–Kier alpha value is -8.72. The van der Waals surface area contributed by atoms with Gasteiger partial charge in [0.15, 0.2) is 0 Å². The van der Waals surface area contributed by atoms with Crippen LogP contribution < -0.4 is 4.90 Å². The smallest absolute Gasteiger partial charge is 0.0710 e. The normalized spacial score (nSPS) is 17.1. The van der Waals surface area contributed by atoms with Gasteiger partial charge in [-0.15, -0.1) is 0 Å². The lowest BCUT2D eigenvalue weighted by Crippen LogP contribution is -2.29. The summed E-state index contributed by atoms with van der Waals surface area (Å²) in [6, 6.07) is 87.2. The number of nitrogens with zero attached hydrogens (tertiary/aromatic N) is 2. The highest BCUT2D eigenvalue weighted by Gasteiger charge is 2.47. The molecule has 2 nitrogen and oxygen atoms in total. The SMILES string of the molecule is CC1(C)c2ccccc2-c2cc(N(c3ccc(-c4ccc5c(c4)c4cc(C6(c7ccccc7)C7=C(CCC=C7)c7ccccc76)ccc4n5-c4ccccc4)cc3)c3ccc4c(c3)C(C)(C)c3ccccc3-4)ccc21. The monoisotopic (exact) mass is 960 g/mol. The fraction of sp³-hybridized carbons (Fsp3) is 0.123. The van der Waals surface area contributed by atoms with E-state index in [2.05, 4.69) is 280 Å². The molecular formula is C73H56N2. The molecule has 1 unspecified atom stereocenters. The van der Waals surface area contributed by atoms with Gasteiger partial charge in [0.2, 0.25) is 0 Å². The Kier molecular flexibility index (Phi) is 9.43. The van der Waals surface area contributed by atoms with Crippen LogP contribution in [0.3, 0.4) is 0 Å². The molecule has 0 bridgehead atoms. The van der Waals surface area contributed by atoms with Crippen LogP contribution in [-0.2, 0) is 16.2 Å². The fourth-order valence-corrected chi connectivity index (χ4v) is 14.2. The molecule has 0 spiro atoms. The number of fused-ring (bicyclic) bond motifs is 11. The molecule has 1 aromatic heterocycles. The largest absolute Gasteiger partial charge is 0.310 e. The first kappa shape index (κ1) is 43.8. The van der Waals surface area contributed by atoms with Crippen molar-refractivity contribution in [1.29, 1.82) is 0 Å². The predicted molar refractivity (Wildman–Crippen MR) is 314 cm³/mol. The summed E-state index contributed by atoms with van der Waals surface area (Å²) in [6.07, 6.45) is 6.93. The topological polar surface area (TPSA) is 8.17 Å². The molecule has 0 fully saturated rings. The molecule has 0 aliphatic heterocycles. The highest BCUT2D eigenvalue weighted by Crippen LogP contribution is 2.58. The number of aromatic nitrogens is 1. The molecule has 4 aliphatic rings. The van der Waals surface area contributed by atoms with Gasteiger partial charge in [0.1, 0.15) is 0 Å². The third-order valence-corrected chi connectivity index (χ3v) is 17.8. The average Bonchev–Trinajstić information content (AvgIpc) is 4.18. The van der Waals surface area contributed by atoms with Crippen molar-refractivity contribution < 1.29 is 0 Å². The minimum absolute atomic E-state index is 0.0740. The quantitative estimate of drug-likeness (QED) is 0.155. The molecule has 10 aromatic carbocycles. The van der Waals surface area contributed by atoms with Gasteiger partial charge in [0, 0.05) is 44.4 Å². The highest BCUT2D eigenvalue weighted by molar-refractivity contribution is 6.11. The Morgan fingerprint density at radius 2 is 0.933 bits per heavy atom.